The summed E-state index contributed by atoms with van der Waals surface area (Å²) in [5.41, 5.74) is 1.33. The molecule has 0 bridgehead atoms. The Morgan fingerprint density at radius 2 is 2.19 bits per heavy atom. The van der Waals surface area contributed by atoms with E-state index in [1.807, 2.05) is 0 Å². The number of hydrogen-bond acceptors (Lipinski definition) is 6. The van der Waals surface area contributed by atoms with Gasteiger partial charge in [0.1, 0.15) is 0 Å². The molecule has 1 aromatic heterocycles. The van der Waals surface area contributed by atoms with Crippen LogP contribution >= 0.6 is 0 Å². The molecule has 21 heavy (non-hydrogen) atoms. The first-order valence-electron chi connectivity index (χ1n) is 7.57. The minimum Gasteiger partial charge on any atom is -0.465 e. The molecule has 0 radical (unpaired) electrons. The van der Waals surface area contributed by atoms with E-state index in [9.17, 15) is 4.79 Å². The van der Waals surface area contributed by atoms with Gasteiger partial charge >= 0.3 is 5.97 Å². The third-order valence-corrected chi connectivity index (χ3v) is 4.23. The second-order valence-corrected chi connectivity index (χ2v) is 5.67. The van der Waals surface area contributed by atoms with Crippen molar-refractivity contribution < 1.29 is 14.3 Å². The Morgan fingerprint density at radius 3 is 2.86 bits per heavy atom. The van der Waals surface area contributed by atoms with Crippen molar-refractivity contribution >= 4 is 11.9 Å². The zero-order chi connectivity index (χ0) is 14.7. The van der Waals surface area contributed by atoms with Crippen LogP contribution < -0.4 is 5.32 Å². The molecule has 0 unspecified atom stereocenters. The number of methoxy groups -OCH3 is 1. The van der Waals surface area contributed by atoms with Gasteiger partial charge in [-0.05, 0) is 19.3 Å². The number of esters is 1. The first-order chi connectivity index (χ1) is 10.3. The lowest BCUT2D eigenvalue weighted by Crippen LogP contribution is -2.22. The normalized spacial score (nSPS) is 22.4. The summed E-state index contributed by atoms with van der Waals surface area (Å²) in [6, 6.07) is 0.255. The number of nitrogens with zero attached hydrogens (tertiary/aromatic N) is 2. The van der Waals surface area contributed by atoms with E-state index in [0.717, 1.165) is 31.6 Å². The molecular formula is C15H21N3O3. The Morgan fingerprint density at radius 1 is 1.38 bits per heavy atom. The predicted octanol–water partition coefficient (Wildman–Crippen LogP) is 2.12. The average Bonchev–Trinajstić information content (AvgIpc) is 3.19. The monoisotopic (exact) mass is 291 g/mol. The average molecular weight is 291 g/mol. The SMILES string of the molecule is COC(=O)c1cnc(N[C@H]2CCOC2)nc1C1CCCC1. The lowest BCUT2D eigenvalue weighted by molar-refractivity contribution is 0.0597. The summed E-state index contributed by atoms with van der Waals surface area (Å²) in [6.45, 7) is 1.45. The summed E-state index contributed by atoms with van der Waals surface area (Å²) in [6.07, 6.45) is 7.08. The lowest BCUT2D eigenvalue weighted by Gasteiger charge is -2.16. The Balaban J connectivity index is 1.85. The van der Waals surface area contributed by atoms with Crippen LogP contribution in [0.4, 0.5) is 5.95 Å². The molecule has 0 spiro atoms. The number of ether oxygens (including phenoxy) is 2. The number of carbonyl (C=O) groups excluding carboxylic acids is 1. The predicted molar refractivity (Wildman–Crippen MR) is 77.4 cm³/mol. The van der Waals surface area contributed by atoms with Gasteiger partial charge in [-0.1, -0.05) is 12.8 Å². The van der Waals surface area contributed by atoms with Crippen LogP contribution in [0.2, 0.25) is 0 Å². The maximum atomic E-state index is 11.9. The molecule has 3 rings (SSSR count). The topological polar surface area (TPSA) is 73.3 Å². The quantitative estimate of drug-likeness (QED) is 0.857. The van der Waals surface area contributed by atoms with Crippen molar-refractivity contribution in [2.45, 2.75) is 44.1 Å². The molecule has 0 aromatic carbocycles. The number of hydrogen-bond donors (Lipinski definition) is 1. The summed E-state index contributed by atoms with van der Waals surface area (Å²) < 4.78 is 10.2. The highest BCUT2D eigenvalue weighted by molar-refractivity contribution is 5.90. The molecule has 1 saturated heterocycles. The Bertz CT molecular complexity index is 509. The molecule has 1 saturated carbocycles. The molecule has 2 heterocycles. The fourth-order valence-electron chi connectivity index (χ4n) is 3.07. The summed E-state index contributed by atoms with van der Waals surface area (Å²) in [4.78, 5) is 20.8. The minimum atomic E-state index is -0.354. The number of carbonyl (C=O) groups is 1. The highest BCUT2D eigenvalue weighted by Crippen LogP contribution is 2.35. The molecule has 114 valence electrons. The summed E-state index contributed by atoms with van der Waals surface area (Å²) in [5.74, 6) is 0.565. The van der Waals surface area contributed by atoms with Gasteiger partial charge in [0.25, 0.3) is 0 Å². The van der Waals surface area contributed by atoms with E-state index in [1.54, 1.807) is 6.20 Å². The van der Waals surface area contributed by atoms with Crippen LogP contribution in [0.3, 0.4) is 0 Å². The molecule has 2 aliphatic rings. The number of rotatable bonds is 4. The van der Waals surface area contributed by atoms with Crippen molar-refractivity contribution in [2.75, 3.05) is 25.6 Å². The lowest BCUT2D eigenvalue weighted by atomic mass is 9.99. The van der Waals surface area contributed by atoms with Gasteiger partial charge in [0.2, 0.25) is 5.95 Å². The zero-order valence-corrected chi connectivity index (χ0v) is 12.3. The van der Waals surface area contributed by atoms with E-state index in [0.29, 0.717) is 24.0 Å². The van der Waals surface area contributed by atoms with Gasteiger partial charge < -0.3 is 14.8 Å². The van der Waals surface area contributed by atoms with E-state index in [4.69, 9.17) is 9.47 Å². The second kappa shape index (κ2) is 6.39. The molecule has 1 aromatic rings. The largest absolute Gasteiger partial charge is 0.465 e. The van der Waals surface area contributed by atoms with Gasteiger partial charge in [-0.25, -0.2) is 14.8 Å². The van der Waals surface area contributed by atoms with E-state index in [-0.39, 0.29) is 12.0 Å². The van der Waals surface area contributed by atoms with Gasteiger partial charge in [-0.2, -0.15) is 0 Å². The highest BCUT2D eigenvalue weighted by Gasteiger charge is 2.26. The first-order valence-corrected chi connectivity index (χ1v) is 7.57. The summed E-state index contributed by atoms with van der Waals surface area (Å²) in [7, 11) is 1.39. The molecule has 6 heteroatoms. The van der Waals surface area contributed by atoms with E-state index in [2.05, 4.69) is 15.3 Å². The standard InChI is InChI=1S/C15H21N3O3/c1-20-14(19)12-8-16-15(17-11-6-7-21-9-11)18-13(12)10-4-2-3-5-10/h8,10-11H,2-7,9H2,1H3,(H,16,17,18)/t11-/m0/s1. The van der Waals surface area contributed by atoms with Gasteiger partial charge in [0, 0.05) is 18.7 Å². The zero-order valence-electron chi connectivity index (χ0n) is 12.3. The Hall–Kier alpha value is -1.69. The van der Waals surface area contributed by atoms with Crippen LogP contribution in [0.25, 0.3) is 0 Å². The summed E-state index contributed by atoms with van der Waals surface area (Å²) in [5, 5.41) is 3.29. The van der Waals surface area contributed by atoms with Crippen LogP contribution in [0.5, 0.6) is 0 Å². The van der Waals surface area contributed by atoms with Gasteiger partial charge in [-0.15, -0.1) is 0 Å². The van der Waals surface area contributed by atoms with Crippen molar-refractivity contribution in [2.24, 2.45) is 0 Å². The summed E-state index contributed by atoms with van der Waals surface area (Å²) >= 11 is 0. The maximum absolute atomic E-state index is 11.9. The molecule has 1 aliphatic heterocycles. The van der Waals surface area contributed by atoms with Crippen molar-refractivity contribution in [1.29, 1.82) is 0 Å². The van der Waals surface area contributed by atoms with Crippen molar-refractivity contribution in [3.8, 4) is 0 Å². The fourth-order valence-corrected chi connectivity index (χ4v) is 3.07. The number of anilines is 1. The third-order valence-electron chi connectivity index (χ3n) is 4.23. The molecule has 6 nitrogen and oxygen atoms in total. The van der Waals surface area contributed by atoms with E-state index < -0.39 is 0 Å². The maximum Gasteiger partial charge on any atom is 0.341 e. The van der Waals surface area contributed by atoms with Crippen LogP contribution in [-0.4, -0.2) is 42.3 Å². The Kier molecular flexibility index (Phi) is 4.34. The van der Waals surface area contributed by atoms with Crippen LogP contribution in [0.15, 0.2) is 6.20 Å². The van der Waals surface area contributed by atoms with Gasteiger partial charge in [0.05, 0.1) is 31.0 Å². The first kappa shape index (κ1) is 14.3. The van der Waals surface area contributed by atoms with Crippen LogP contribution in [0.1, 0.15) is 54.1 Å². The smallest absolute Gasteiger partial charge is 0.341 e. The Labute approximate surface area is 124 Å². The molecule has 0 amide bonds. The van der Waals surface area contributed by atoms with E-state index >= 15 is 0 Å². The van der Waals surface area contributed by atoms with E-state index in [1.165, 1.54) is 20.0 Å². The third kappa shape index (κ3) is 3.15. The molecule has 1 atom stereocenters. The van der Waals surface area contributed by atoms with Crippen molar-refractivity contribution in [3.63, 3.8) is 0 Å². The highest BCUT2D eigenvalue weighted by atomic mass is 16.5. The van der Waals surface area contributed by atoms with Gasteiger partial charge in [0.15, 0.2) is 0 Å². The fraction of sp³-hybridized carbons (Fsp3) is 0.667. The van der Waals surface area contributed by atoms with Crippen molar-refractivity contribution in [3.05, 3.63) is 17.5 Å². The molecule has 1 aliphatic carbocycles. The molecule has 1 N–H and O–H groups in total. The molecular weight excluding hydrogens is 270 g/mol. The van der Waals surface area contributed by atoms with Crippen LogP contribution in [-0.2, 0) is 9.47 Å². The van der Waals surface area contributed by atoms with Crippen molar-refractivity contribution in [1.82, 2.24) is 9.97 Å². The number of aromatic nitrogens is 2. The molecule has 2 fully saturated rings. The minimum absolute atomic E-state index is 0.255. The number of nitrogens with one attached hydrogen (secondary N) is 1. The van der Waals surface area contributed by atoms with Crippen LogP contribution in [0, 0.1) is 0 Å². The second-order valence-electron chi connectivity index (χ2n) is 5.67. The van der Waals surface area contributed by atoms with Gasteiger partial charge in [-0.3, -0.25) is 0 Å².